The molecule has 0 bridgehead atoms. The highest BCUT2D eigenvalue weighted by molar-refractivity contribution is 7.90. The third-order valence-corrected chi connectivity index (χ3v) is 5.98. The Balaban J connectivity index is 2.01. The van der Waals surface area contributed by atoms with E-state index in [4.69, 9.17) is 4.74 Å². The number of aliphatic hydroxyl groups is 1. The van der Waals surface area contributed by atoms with Gasteiger partial charge in [-0.25, -0.2) is 8.42 Å². The van der Waals surface area contributed by atoms with Gasteiger partial charge in [-0.3, -0.25) is 9.48 Å². The molecule has 7 nitrogen and oxygen atoms in total. The molecule has 0 aliphatic heterocycles. The topological polar surface area (TPSA) is 98.5 Å². The van der Waals surface area contributed by atoms with Crippen LogP contribution < -0.4 is 0 Å². The van der Waals surface area contributed by atoms with Crippen LogP contribution in [0.3, 0.4) is 0 Å². The Morgan fingerprint density at radius 1 is 1.06 bits per heavy atom. The number of alkyl halides is 3. The van der Waals surface area contributed by atoms with Gasteiger partial charge in [0.25, 0.3) is 0 Å². The van der Waals surface area contributed by atoms with Gasteiger partial charge in [0.2, 0.25) is 0 Å². The maximum atomic E-state index is 13.2. The molecule has 11 heteroatoms. The Kier molecular flexibility index (Phi) is 6.94. The van der Waals surface area contributed by atoms with E-state index in [0.717, 1.165) is 17.0 Å². The van der Waals surface area contributed by atoms with Crippen molar-refractivity contribution in [1.82, 2.24) is 9.78 Å². The molecule has 1 aromatic heterocycles. The van der Waals surface area contributed by atoms with Crippen LogP contribution in [0.2, 0.25) is 0 Å². The zero-order valence-corrected chi connectivity index (χ0v) is 18.6. The zero-order valence-electron chi connectivity index (χ0n) is 17.8. The molecule has 0 atom stereocenters. The van der Waals surface area contributed by atoms with E-state index in [0.29, 0.717) is 16.7 Å². The third-order valence-electron chi connectivity index (χ3n) is 4.81. The van der Waals surface area contributed by atoms with Crippen molar-refractivity contribution in [2.45, 2.75) is 31.1 Å². The number of hydrogen-bond acceptors (Lipinski definition) is 6. The normalized spacial score (nSPS) is 12.1. The first-order chi connectivity index (χ1) is 15.4. The summed E-state index contributed by atoms with van der Waals surface area (Å²) in [5.41, 5.74) is 0.746. The van der Waals surface area contributed by atoms with Crippen molar-refractivity contribution in [1.29, 1.82) is 0 Å². The van der Waals surface area contributed by atoms with Crippen LogP contribution in [-0.4, -0.2) is 42.1 Å². The first kappa shape index (κ1) is 24.5. The predicted molar refractivity (Wildman–Crippen MR) is 114 cm³/mol. The van der Waals surface area contributed by atoms with E-state index >= 15 is 0 Å². The summed E-state index contributed by atoms with van der Waals surface area (Å²) >= 11 is 0. The van der Waals surface area contributed by atoms with Crippen LogP contribution in [0.25, 0.3) is 22.4 Å². The fourth-order valence-corrected chi connectivity index (χ4v) is 4.23. The van der Waals surface area contributed by atoms with E-state index in [2.05, 4.69) is 5.10 Å². The van der Waals surface area contributed by atoms with Gasteiger partial charge in [0.05, 0.1) is 23.8 Å². The van der Waals surface area contributed by atoms with Crippen molar-refractivity contribution >= 4 is 15.8 Å². The Hall–Kier alpha value is -3.18. The molecule has 176 valence electrons. The van der Waals surface area contributed by atoms with Crippen molar-refractivity contribution in [3.05, 3.63) is 59.8 Å². The van der Waals surface area contributed by atoms with Gasteiger partial charge in [-0.05, 0) is 41.3 Å². The fourth-order valence-electron chi connectivity index (χ4n) is 3.28. The maximum Gasteiger partial charge on any atom is 0.435 e. The molecule has 1 N–H and O–H groups in total. The molecular formula is C22H21F3N2O5S. The number of benzene rings is 2. The van der Waals surface area contributed by atoms with Gasteiger partial charge in [0.1, 0.15) is 6.54 Å². The van der Waals surface area contributed by atoms with Crippen molar-refractivity contribution < 1.29 is 36.2 Å². The molecule has 0 aliphatic rings. The lowest BCUT2D eigenvalue weighted by molar-refractivity contribution is -0.146. The summed E-state index contributed by atoms with van der Waals surface area (Å²) in [7, 11) is -3.58. The first-order valence-electron chi connectivity index (χ1n) is 9.79. The smallest absolute Gasteiger partial charge is 0.435 e. The van der Waals surface area contributed by atoms with Crippen LogP contribution in [0.15, 0.2) is 53.4 Å². The minimum absolute atomic E-state index is 0.00564. The Morgan fingerprint density at radius 2 is 1.67 bits per heavy atom. The average Bonchev–Trinajstić information content (AvgIpc) is 3.17. The van der Waals surface area contributed by atoms with Crippen molar-refractivity contribution in [3.63, 3.8) is 0 Å². The van der Waals surface area contributed by atoms with Crippen LogP contribution in [0.1, 0.15) is 18.2 Å². The number of ether oxygens (including phenoxy) is 1. The van der Waals surface area contributed by atoms with Crippen molar-refractivity contribution in [2.24, 2.45) is 0 Å². The number of nitrogens with zero attached hydrogens (tertiary/aromatic N) is 2. The molecule has 33 heavy (non-hydrogen) atoms. The van der Waals surface area contributed by atoms with Gasteiger partial charge < -0.3 is 9.84 Å². The molecule has 0 radical (unpaired) electrons. The molecule has 0 fully saturated rings. The molecule has 3 rings (SSSR count). The zero-order chi connectivity index (χ0) is 24.4. The van der Waals surface area contributed by atoms with E-state index in [9.17, 15) is 31.5 Å². The van der Waals surface area contributed by atoms with E-state index in [1.807, 2.05) is 0 Å². The minimum Gasteiger partial charge on any atom is -0.465 e. The summed E-state index contributed by atoms with van der Waals surface area (Å²) in [6.45, 7) is 0.750. The molecule has 0 aliphatic carbocycles. The van der Waals surface area contributed by atoms with Gasteiger partial charge in [-0.1, -0.05) is 36.4 Å². The fraction of sp³-hybridized carbons (Fsp3) is 0.273. The van der Waals surface area contributed by atoms with Crippen molar-refractivity contribution in [2.75, 3.05) is 12.9 Å². The summed E-state index contributed by atoms with van der Waals surface area (Å²) in [6.07, 6.45) is -3.65. The largest absolute Gasteiger partial charge is 0.465 e. The van der Waals surface area contributed by atoms with E-state index < -0.39 is 40.8 Å². The Morgan fingerprint density at radius 3 is 2.21 bits per heavy atom. The van der Waals surface area contributed by atoms with Crippen LogP contribution in [-0.2, 0) is 38.7 Å². The maximum absolute atomic E-state index is 13.2. The second-order valence-corrected chi connectivity index (χ2v) is 9.19. The highest BCUT2D eigenvalue weighted by Gasteiger charge is 2.35. The molecule has 0 saturated carbocycles. The molecule has 0 amide bonds. The highest BCUT2D eigenvalue weighted by Crippen LogP contribution is 2.33. The third kappa shape index (κ3) is 5.60. The highest BCUT2D eigenvalue weighted by atomic mass is 32.2. The summed E-state index contributed by atoms with van der Waals surface area (Å²) in [5, 5.41) is 12.9. The van der Waals surface area contributed by atoms with Gasteiger partial charge in [-0.15, -0.1) is 0 Å². The molecule has 3 aromatic rings. The first-order valence-corrected chi connectivity index (χ1v) is 11.7. The van der Waals surface area contributed by atoms with Crippen molar-refractivity contribution in [3.8, 4) is 22.4 Å². The van der Waals surface area contributed by atoms with Crippen LogP contribution >= 0.6 is 0 Å². The summed E-state index contributed by atoms with van der Waals surface area (Å²) in [5.74, 6) is -0.718. The minimum atomic E-state index is -4.69. The number of carbonyl (C=O) groups excluding carboxylic acids is 1. The monoisotopic (exact) mass is 482 g/mol. The lowest BCUT2D eigenvalue weighted by Gasteiger charge is -2.10. The number of hydrogen-bond donors (Lipinski definition) is 1. The quantitative estimate of drug-likeness (QED) is 0.516. The van der Waals surface area contributed by atoms with E-state index in [1.165, 1.54) is 12.1 Å². The van der Waals surface area contributed by atoms with Gasteiger partial charge in [-0.2, -0.15) is 18.3 Å². The van der Waals surface area contributed by atoms with Crippen LogP contribution in [0.4, 0.5) is 13.2 Å². The number of sulfone groups is 1. The molecule has 1 heterocycles. The number of esters is 1. The van der Waals surface area contributed by atoms with E-state index in [1.54, 1.807) is 37.3 Å². The summed E-state index contributed by atoms with van der Waals surface area (Å²) in [4.78, 5) is 11.8. The standard InChI is InChI=1S/C22H21F3N2O5S/c1-3-32-21(29)12-27-18(11-20(26-27)22(23,24)25)15-6-4-14(5-7-15)16-8-9-17(13-28)19(10-16)33(2,30)31/h4-11,28H,3,12-13H2,1-2H3. The number of aromatic nitrogens is 2. The molecule has 0 spiro atoms. The van der Waals surface area contributed by atoms with Crippen LogP contribution in [0, 0.1) is 0 Å². The van der Waals surface area contributed by atoms with Crippen LogP contribution in [0.5, 0.6) is 0 Å². The van der Waals surface area contributed by atoms with Gasteiger partial charge >= 0.3 is 12.1 Å². The molecular weight excluding hydrogens is 461 g/mol. The second kappa shape index (κ2) is 9.36. The SMILES string of the molecule is CCOC(=O)Cn1nc(C(F)(F)F)cc1-c1ccc(-c2ccc(CO)c(S(C)(=O)=O)c2)cc1. The summed E-state index contributed by atoms with van der Waals surface area (Å²) in [6, 6.07) is 11.8. The predicted octanol–water partition coefficient (Wildman–Crippen LogP) is 3.69. The average molecular weight is 482 g/mol. The van der Waals surface area contributed by atoms with Gasteiger partial charge in [0.15, 0.2) is 15.5 Å². The molecule has 0 unspecified atom stereocenters. The summed E-state index contributed by atoms with van der Waals surface area (Å²) < 4.78 is 69.5. The lowest BCUT2D eigenvalue weighted by atomic mass is 10.0. The number of halogens is 3. The number of aliphatic hydroxyl groups excluding tert-OH is 1. The second-order valence-electron chi connectivity index (χ2n) is 7.21. The number of carbonyl (C=O) groups is 1. The van der Waals surface area contributed by atoms with E-state index in [-0.39, 0.29) is 22.8 Å². The lowest BCUT2D eigenvalue weighted by Crippen LogP contribution is -2.16. The number of rotatable bonds is 7. The Labute approximate surface area is 188 Å². The van der Waals surface area contributed by atoms with Gasteiger partial charge in [0, 0.05) is 6.26 Å². The Bertz CT molecular complexity index is 1270. The molecule has 0 saturated heterocycles. The molecule has 2 aromatic carbocycles.